The molecule has 3 nitrogen and oxygen atoms in total. The second-order valence-corrected chi connectivity index (χ2v) is 1.63. The highest BCUT2D eigenvalue weighted by atomic mass is 35.5. The van der Waals surface area contributed by atoms with Crippen LogP contribution < -0.4 is 0 Å². The molecule has 0 rings (SSSR count). The second kappa shape index (κ2) is 22.4. The Morgan fingerprint density at radius 1 is 1.38 bits per heavy atom. The Bertz CT molecular complexity index is 203. The fraction of sp³-hybridized carbons (Fsp3) is 0. The summed E-state index contributed by atoms with van der Waals surface area (Å²) in [5, 5.41) is 15.1. The molecule has 0 aliphatic heterocycles. The maximum absolute atomic E-state index is 9.25. The highest BCUT2D eigenvalue weighted by molar-refractivity contribution is 6.33. The number of nitriles is 1. The smallest absolute Gasteiger partial charge is 0.327 e. The van der Waals surface area contributed by atoms with E-state index in [9.17, 15) is 4.79 Å². The predicted octanol–water partition coefficient (Wildman–Crippen LogP) is 2.89. The SMILES string of the molecule is C=CC#N.C=CC(=O)O.ClC=CCl. The molecule has 0 aromatic rings. The van der Waals surface area contributed by atoms with E-state index in [-0.39, 0.29) is 0 Å². The largest absolute Gasteiger partial charge is 0.478 e. The van der Waals surface area contributed by atoms with Gasteiger partial charge in [0, 0.05) is 23.2 Å². The average molecular weight is 222 g/mol. The van der Waals surface area contributed by atoms with Crippen molar-refractivity contribution < 1.29 is 9.90 Å². The first kappa shape index (κ1) is 17.7. The zero-order valence-electron chi connectivity index (χ0n) is 6.78. The fourth-order valence-electron chi connectivity index (χ4n) is 0. The molecule has 0 radical (unpaired) electrons. The van der Waals surface area contributed by atoms with E-state index in [0.717, 1.165) is 6.08 Å². The van der Waals surface area contributed by atoms with Gasteiger partial charge in [-0.3, -0.25) is 0 Å². The van der Waals surface area contributed by atoms with Crippen LogP contribution in [-0.4, -0.2) is 11.1 Å². The third kappa shape index (κ3) is 108. The molecule has 0 heterocycles. The molecule has 0 atom stereocenters. The van der Waals surface area contributed by atoms with Gasteiger partial charge in [0.25, 0.3) is 0 Å². The first-order valence-electron chi connectivity index (χ1n) is 2.81. The quantitative estimate of drug-likeness (QED) is 0.548. The van der Waals surface area contributed by atoms with E-state index in [1.165, 1.54) is 17.1 Å². The lowest BCUT2D eigenvalue weighted by Gasteiger charge is -1.64. The number of aliphatic carboxylic acids is 1. The van der Waals surface area contributed by atoms with Crippen LogP contribution in [0.25, 0.3) is 0 Å². The van der Waals surface area contributed by atoms with Crippen LogP contribution in [0.1, 0.15) is 0 Å². The molecule has 5 heteroatoms. The molecule has 0 saturated heterocycles. The molecule has 13 heavy (non-hydrogen) atoms. The monoisotopic (exact) mass is 221 g/mol. The first-order valence-corrected chi connectivity index (χ1v) is 3.69. The molecular weight excluding hydrogens is 213 g/mol. The fourth-order valence-corrected chi connectivity index (χ4v) is 0. The van der Waals surface area contributed by atoms with Gasteiger partial charge >= 0.3 is 5.97 Å². The molecule has 0 amide bonds. The summed E-state index contributed by atoms with van der Waals surface area (Å²) in [5.41, 5.74) is 2.48. The van der Waals surface area contributed by atoms with Crippen molar-refractivity contribution in [2.45, 2.75) is 0 Å². The summed E-state index contributed by atoms with van der Waals surface area (Å²) < 4.78 is 0. The van der Waals surface area contributed by atoms with Crippen LogP contribution in [0.5, 0.6) is 0 Å². The van der Waals surface area contributed by atoms with Crippen LogP contribution in [0.3, 0.4) is 0 Å². The van der Waals surface area contributed by atoms with E-state index in [4.69, 9.17) is 33.6 Å². The van der Waals surface area contributed by atoms with E-state index in [2.05, 4.69) is 13.2 Å². The molecule has 0 fully saturated rings. The number of allylic oxidation sites excluding steroid dienone is 1. The summed E-state index contributed by atoms with van der Waals surface area (Å²) in [6.07, 6.45) is 2.01. The molecule has 1 N–H and O–H groups in total. The zero-order chi connectivity index (χ0) is 11.1. The number of carbonyl (C=O) groups is 1. The third-order valence-corrected chi connectivity index (χ3v) is 0.694. The van der Waals surface area contributed by atoms with Crippen LogP contribution in [0, 0.1) is 11.3 Å². The Morgan fingerprint density at radius 3 is 1.62 bits per heavy atom. The van der Waals surface area contributed by atoms with Gasteiger partial charge in [0.15, 0.2) is 0 Å². The lowest BCUT2D eigenvalue weighted by molar-refractivity contribution is -0.131. The molecule has 0 aromatic heterocycles. The van der Waals surface area contributed by atoms with E-state index in [0.29, 0.717) is 0 Å². The van der Waals surface area contributed by atoms with Crippen LogP contribution in [0.2, 0.25) is 0 Å². The van der Waals surface area contributed by atoms with Crippen molar-refractivity contribution in [3.8, 4) is 6.07 Å². The van der Waals surface area contributed by atoms with Crippen molar-refractivity contribution in [3.63, 3.8) is 0 Å². The number of carboxylic acids is 1. The number of halogens is 2. The second-order valence-electron chi connectivity index (χ2n) is 1.13. The zero-order valence-corrected chi connectivity index (χ0v) is 8.29. The van der Waals surface area contributed by atoms with Gasteiger partial charge in [0.2, 0.25) is 0 Å². The normalized spacial score (nSPS) is 6.54. The molecule has 0 aromatic carbocycles. The van der Waals surface area contributed by atoms with Crippen molar-refractivity contribution in [2.75, 3.05) is 0 Å². The number of hydrogen-bond donors (Lipinski definition) is 1. The topological polar surface area (TPSA) is 61.1 Å². The van der Waals surface area contributed by atoms with Gasteiger partial charge < -0.3 is 5.11 Å². The van der Waals surface area contributed by atoms with Gasteiger partial charge in [-0.15, -0.1) is 0 Å². The van der Waals surface area contributed by atoms with Crippen LogP contribution >= 0.6 is 23.2 Å². The molecule has 0 bridgehead atoms. The first-order chi connectivity index (χ1) is 6.10. The number of rotatable bonds is 1. The minimum atomic E-state index is -0.981. The highest BCUT2D eigenvalue weighted by Gasteiger charge is 1.73. The molecule has 0 aliphatic rings. The Hall–Kier alpha value is -1.24. The lowest BCUT2D eigenvalue weighted by atomic mass is 10.7. The Labute approximate surface area is 87.2 Å². The van der Waals surface area contributed by atoms with Crippen LogP contribution in [-0.2, 0) is 4.79 Å². The maximum Gasteiger partial charge on any atom is 0.327 e. The average Bonchev–Trinajstić information content (AvgIpc) is 2.18. The van der Waals surface area contributed by atoms with Crippen molar-refractivity contribution in [1.29, 1.82) is 5.26 Å². The van der Waals surface area contributed by atoms with E-state index in [1.54, 1.807) is 6.07 Å². The molecule has 0 aliphatic carbocycles. The van der Waals surface area contributed by atoms with Gasteiger partial charge in [0.05, 0.1) is 6.07 Å². The summed E-state index contributed by atoms with van der Waals surface area (Å²) in [4.78, 5) is 9.25. The molecule has 0 saturated carbocycles. The van der Waals surface area contributed by atoms with Gasteiger partial charge in [-0.05, 0) is 0 Å². The third-order valence-electron chi connectivity index (χ3n) is 0.314. The van der Waals surface area contributed by atoms with E-state index in [1.807, 2.05) is 0 Å². The molecule has 0 spiro atoms. The standard InChI is InChI=1S/C3H3N.C3H4O2.C2H2Cl2/c1-2-3-4;1-2-3(4)5;3-1-2-4/h2H,1H2;2H,1H2,(H,4,5);1-2H. The summed E-state index contributed by atoms with van der Waals surface area (Å²) in [5.74, 6) is -0.981. The van der Waals surface area contributed by atoms with Crippen LogP contribution in [0.15, 0.2) is 36.4 Å². The number of hydrogen-bond acceptors (Lipinski definition) is 2. The van der Waals surface area contributed by atoms with Crippen molar-refractivity contribution in [2.24, 2.45) is 0 Å². The van der Waals surface area contributed by atoms with Gasteiger partial charge in [-0.25, -0.2) is 4.79 Å². The van der Waals surface area contributed by atoms with Gasteiger partial charge in [-0.2, -0.15) is 5.26 Å². The lowest BCUT2D eigenvalue weighted by Crippen LogP contribution is -1.82. The molecular formula is C8H9Cl2NO2. The molecule has 0 unspecified atom stereocenters. The van der Waals surface area contributed by atoms with Gasteiger partial charge in [0.1, 0.15) is 0 Å². The number of carboxylic acid groups (broad SMARTS) is 1. The summed E-state index contributed by atoms with van der Waals surface area (Å²) >= 11 is 9.75. The van der Waals surface area contributed by atoms with Crippen molar-refractivity contribution in [3.05, 3.63) is 36.4 Å². The Balaban J connectivity index is -0.000000117. The highest BCUT2D eigenvalue weighted by Crippen LogP contribution is 1.78. The van der Waals surface area contributed by atoms with Crippen LogP contribution in [0.4, 0.5) is 0 Å². The summed E-state index contributed by atoms with van der Waals surface area (Å²) in [6.45, 7) is 6.08. The molecule has 72 valence electrons. The Morgan fingerprint density at radius 2 is 1.62 bits per heavy atom. The van der Waals surface area contributed by atoms with Gasteiger partial charge in [-0.1, -0.05) is 36.4 Å². The van der Waals surface area contributed by atoms with E-state index >= 15 is 0 Å². The predicted molar refractivity (Wildman–Crippen MR) is 54.5 cm³/mol. The summed E-state index contributed by atoms with van der Waals surface area (Å²) in [6, 6.07) is 1.69. The van der Waals surface area contributed by atoms with Crippen molar-refractivity contribution >= 4 is 29.2 Å². The Kier molecular flexibility index (Phi) is 30.6. The van der Waals surface area contributed by atoms with Crippen molar-refractivity contribution in [1.82, 2.24) is 0 Å². The minimum absolute atomic E-state index is 0.833. The number of nitrogens with zero attached hydrogens (tertiary/aromatic N) is 1. The summed E-state index contributed by atoms with van der Waals surface area (Å²) in [7, 11) is 0. The minimum Gasteiger partial charge on any atom is -0.478 e. The maximum atomic E-state index is 9.25. The van der Waals surface area contributed by atoms with E-state index < -0.39 is 5.97 Å².